The summed E-state index contributed by atoms with van der Waals surface area (Å²) in [4.78, 5) is 2.47. The van der Waals surface area contributed by atoms with Crippen LogP contribution in [0.15, 0.2) is 24.3 Å². The Bertz CT molecular complexity index is 354. The van der Waals surface area contributed by atoms with E-state index in [9.17, 15) is 0 Å². The topological polar surface area (TPSA) is 15.3 Å². The molecule has 1 aliphatic rings. The second-order valence-corrected chi connectivity index (χ2v) is 5.59. The molecule has 2 heteroatoms. The Morgan fingerprint density at radius 3 is 2.44 bits per heavy atom. The molecule has 18 heavy (non-hydrogen) atoms. The average molecular weight is 246 g/mol. The lowest BCUT2D eigenvalue weighted by Crippen LogP contribution is -2.56. The van der Waals surface area contributed by atoms with Crippen molar-refractivity contribution in [3.63, 3.8) is 0 Å². The smallest absolute Gasteiger partial charge is 0.0342 e. The van der Waals surface area contributed by atoms with Gasteiger partial charge < -0.3 is 10.2 Å². The summed E-state index contributed by atoms with van der Waals surface area (Å²) >= 11 is 0. The van der Waals surface area contributed by atoms with Crippen molar-refractivity contribution in [3.8, 4) is 0 Å². The molecule has 1 unspecified atom stereocenters. The van der Waals surface area contributed by atoms with Crippen molar-refractivity contribution in [3.05, 3.63) is 35.4 Å². The first-order chi connectivity index (χ1) is 8.70. The SMILES string of the molecule is CCC(C)c1ccc(CCN(C)C2CNC2)cc1. The van der Waals surface area contributed by atoms with Gasteiger partial charge in [-0.15, -0.1) is 0 Å². The molecule has 0 spiro atoms. The third-order valence-electron chi connectivity index (χ3n) is 4.30. The Hall–Kier alpha value is -0.860. The van der Waals surface area contributed by atoms with Gasteiger partial charge in [-0.2, -0.15) is 0 Å². The fraction of sp³-hybridized carbons (Fsp3) is 0.625. The molecule has 1 saturated heterocycles. The van der Waals surface area contributed by atoms with Crippen molar-refractivity contribution in [2.24, 2.45) is 0 Å². The lowest BCUT2D eigenvalue weighted by Gasteiger charge is -2.35. The van der Waals surface area contributed by atoms with Gasteiger partial charge in [0, 0.05) is 25.7 Å². The lowest BCUT2D eigenvalue weighted by molar-refractivity contribution is 0.182. The van der Waals surface area contributed by atoms with Crippen LogP contribution >= 0.6 is 0 Å². The van der Waals surface area contributed by atoms with Crippen LogP contribution in [0.3, 0.4) is 0 Å². The van der Waals surface area contributed by atoms with E-state index in [-0.39, 0.29) is 0 Å². The summed E-state index contributed by atoms with van der Waals surface area (Å²) in [6, 6.07) is 9.95. The molecule has 2 nitrogen and oxygen atoms in total. The minimum Gasteiger partial charge on any atom is -0.314 e. The summed E-state index contributed by atoms with van der Waals surface area (Å²) in [6.07, 6.45) is 2.38. The zero-order valence-electron chi connectivity index (χ0n) is 11.9. The number of hydrogen-bond acceptors (Lipinski definition) is 2. The Morgan fingerprint density at radius 2 is 1.94 bits per heavy atom. The highest BCUT2D eigenvalue weighted by molar-refractivity contribution is 5.25. The maximum Gasteiger partial charge on any atom is 0.0342 e. The Balaban J connectivity index is 1.82. The van der Waals surface area contributed by atoms with Gasteiger partial charge in [0.05, 0.1) is 0 Å². The Morgan fingerprint density at radius 1 is 1.28 bits per heavy atom. The van der Waals surface area contributed by atoms with Crippen LogP contribution in [0, 0.1) is 0 Å². The highest BCUT2D eigenvalue weighted by Crippen LogP contribution is 2.19. The highest BCUT2D eigenvalue weighted by Gasteiger charge is 2.20. The van der Waals surface area contributed by atoms with Crippen LogP contribution in [-0.2, 0) is 6.42 Å². The molecule has 0 aliphatic carbocycles. The van der Waals surface area contributed by atoms with Crippen LogP contribution in [0.4, 0.5) is 0 Å². The summed E-state index contributed by atoms with van der Waals surface area (Å²) in [7, 11) is 2.24. The van der Waals surface area contributed by atoms with Gasteiger partial charge in [0.25, 0.3) is 0 Å². The maximum atomic E-state index is 3.32. The molecule has 0 amide bonds. The molecule has 1 atom stereocenters. The van der Waals surface area contributed by atoms with Gasteiger partial charge >= 0.3 is 0 Å². The first-order valence-electron chi connectivity index (χ1n) is 7.20. The van der Waals surface area contributed by atoms with Crippen molar-refractivity contribution < 1.29 is 0 Å². The number of nitrogens with zero attached hydrogens (tertiary/aromatic N) is 1. The fourth-order valence-electron chi connectivity index (χ4n) is 2.32. The summed E-state index contributed by atoms with van der Waals surface area (Å²) in [5.41, 5.74) is 2.93. The molecule has 1 heterocycles. The van der Waals surface area contributed by atoms with Crippen LogP contribution in [0.5, 0.6) is 0 Å². The quantitative estimate of drug-likeness (QED) is 0.830. The van der Waals surface area contributed by atoms with Gasteiger partial charge in [-0.05, 0) is 36.9 Å². The van der Waals surface area contributed by atoms with Crippen molar-refractivity contribution in [2.75, 3.05) is 26.7 Å². The molecule has 0 bridgehead atoms. The predicted octanol–water partition coefficient (Wildman–Crippen LogP) is 2.65. The van der Waals surface area contributed by atoms with Gasteiger partial charge in [0.1, 0.15) is 0 Å². The van der Waals surface area contributed by atoms with Gasteiger partial charge in [0.2, 0.25) is 0 Å². The second-order valence-electron chi connectivity index (χ2n) is 5.59. The minimum absolute atomic E-state index is 0.683. The highest BCUT2D eigenvalue weighted by atomic mass is 15.2. The number of rotatable bonds is 6. The maximum absolute atomic E-state index is 3.32. The van der Waals surface area contributed by atoms with Crippen molar-refractivity contribution in [2.45, 2.75) is 38.6 Å². The first-order valence-corrected chi connectivity index (χ1v) is 7.20. The molecule has 0 radical (unpaired) electrons. The molecule has 0 aromatic heterocycles. The van der Waals surface area contributed by atoms with Crippen molar-refractivity contribution >= 4 is 0 Å². The first kappa shape index (κ1) is 13.6. The third-order valence-corrected chi connectivity index (χ3v) is 4.30. The Labute approximate surface area is 111 Å². The zero-order valence-corrected chi connectivity index (χ0v) is 11.9. The van der Waals surface area contributed by atoms with Crippen molar-refractivity contribution in [1.29, 1.82) is 0 Å². The summed E-state index contributed by atoms with van der Waals surface area (Å²) in [5.74, 6) is 0.683. The molecule has 100 valence electrons. The molecule has 2 rings (SSSR count). The van der Waals surface area contributed by atoms with Gasteiger partial charge in [-0.3, -0.25) is 0 Å². The molecule has 1 fully saturated rings. The molecular formula is C16H26N2. The molecule has 0 saturated carbocycles. The van der Waals surface area contributed by atoms with Crippen LogP contribution in [-0.4, -0.2) is 37.6 Å². The third kappa shape index (κ3) is 3.33. The minimum atomic E-state index is 0.683. The molecular weight excluding hydrogens is 220 g/mol. The van der Waals surface area contributed by atoms with E-state index < -0.39 is 0 Å². The lowest BCUT2D eigenvalue weighted by atomic mass is 9.97. The van der Waals surface area contributed by atoms with Gasteiger partial charge in [0.15, 0.2) is 0 Å². The fourth-order valence-corrected chi connectivity index (χ4v) is 2.32. The van der Waals surface area contributed by atoms with E-state index in [0.29, 0.717) is 5.92 Å². The summed E-state index contributed by atoms with van der Waals surface area (Å²) < 4.78 is 0. The normalized spacial score (nSPS) is 17.8. The standard InChI is InChI=1S/C16H26N2/c1-4-13(2)15-7-5-14(6-8-15)9-10-18(3)16-11-17-12-16/h5-8,13,16-17H,4,9-12H2,1-3H3. The van der Waals surface area contributed by atoms with E-state index in [1.807, 2.05) is 0 Å². The van der Waals surface area contributed by atoms with E-state index in [2.05, 4.69) is 55.4 Å². The molecule has 1 N–H and O–H groups in total. The van der Waals surface area contributed by atoms with Gasteiger partial charge in [-0.25, -0.2) is 0 Å². The van der Waals surface area contributed by atoms with E-state index >= 15 is 0 Å². The monoisotopic (exact) mass is 246 g/mol. The Kier molecular flexibility index (Phi) is 4.79. The summed E-state index contributed by atoms with van der Waals surface area (Å²) in [5, 5.41) is 3.32. The van der Waals surface area contributed by atoms with Crippen molar-refractivity contribution in [1.82, 2.24) is 10.2 Å². The number of nitrogens with one attached hydrogen (secondary N) is 1. The predicted molar refractivity (Wildman–Crippen MR) is 78.1 cm³/mol. The summed E-state index contributed by atoms with van der Waals surface area (Å²) in [6.45, 7) is 8.02. The zero-order chi connectivity index (χ0) is 13.0. The number of likely N-dealkylation sites (N-methyl/N-ethyl adjacent to an activating group) is 1. The second kappa shape index (κ2) is 6.35. The average Bonchev–Trinajstić information content (AvgIpc) is 2.34. The molecule has 1 aliphatic heterocycles. The van der Waals surface area contributed by atoms with E-state index in [1.165, 1.54) is 17.5 Å². The van der Waals surface area contributed by atoms with E-state index in [1.54, 1.807) is 0 Å². The van der Waals surface area contributed by atoms with Crippen LogP contribution in [0.1, 0.15) is 37.3 Å². The molecule has 1 aromatic carbocycles. The van der Waals surface area contributed by atoms with E-state index in [4.69, 9.17) is 0 Å². The van der Waals surface area contributed by atoms with Gasteiger partial charge in [-0.1, -0.05) is 38.1 Å². The molecule has 1 aromatic rings. The largest absolute Gasteiger partial charge is 0.314 e. The number of hydrogen-bond donors (Lipinski definition) is 1. The van der Waals surface area contributed by atoms with Crippen LogP contribution in [0.2, 0.25) is 0 Å². The van der Waals surface area contributed by atoms with Crippen LogP contribution in [0.25, 0.3) is 0 Å². The number of benzene rings is 1. The van der Waals surface area contributed by atoms with Crippen LogP contribution < -0.4 is 5.32 Å². The van der Waals surface area contributed by atoms with E-state index in [0.717, 1.165) is 32.1 Å².